The Morgan fingerprint density at radius 3 is 2.92 bits per heavy atom. The smallest absolute Gasteiger partial charge is 0.119 e. The van der Waals surface area contributed by atoms with Gasteiger partial charge in [-0.2, -0.15) is 5.26 Å². The number of nitrogens with zero attached hydrogens (tertiary/aromatic N) is 2. The number of nitrogens with one attached hydrogen (secondary N) is 1. The molecule has 0 spiro atoms. The Bertz CT molecular complexity index is 504. The van der Waals surface area contributed by atoms with Gasteiger partial charge in [-0.3, -0.25) is 0 Å². The highest BCUT2D eigenvalue weighted by Gasteiger charge is 2.14. The molecule has 1 aliphatic rings. The van der Waals surface area contributed by atoms with E-state index in [0.29, 0.717) is 13.0 Å². The van der Waals surface area contributed by atoms with E-state index in [1.165, 1.54) is 44.5 Å². The standard InChI is InChI=1S/C20H31N3O/c1-18-8-13-23(14-9-18)12-5-11-22-17-19-6-4-7-20(16-19)24-15-3-2-10-21/h4,6-7,16,18,22H,2-3,5,8-9,11-15,17H2,1H3. The number of piperidine rings is 1. The Morgan fingerprint density at radius 2 is 2.12 bits per heavy atom. The number of hydrogen-bond donors (Lipinski definition) is 1. The van der Waals surface area contributed by atoms with Gasteiger partial charge in [0.25, 0.3) is 0 Å². The van der Waals surface area contributed by atoms with Crippen LogP contribution in [-0.2, 0) is 6.54 Å². The van der Waals surface area contributed by atoms with Gasteiger partial charge in [0.1, 0.15) is 5.75 Å². The van der Waals surface area contributed by atoms with E-state index in [2.05, 4.69) is 35.3 Å². The summed E-state index contributed by atoms with van der Waals surface area (Å²) in [5.41, 5.74) is 1.25. The second kappa shape index (κ2) is 11.1. The summed E-state index contributed by atoms with van der Waals surface area (Å²) in [6.07, 6.45) is 5.26. The minimum absolute atomic E-state index is 0.553. The largest absolute Gasteiger partial charge is 0.494 e. The molecule has 4 nitrogen and oxygen atoms in total. The topological polar surface area (TPSA) is 48.3 Å². The highest BCUT2D eigenvalue weighted by atomic mass is 16.5. The molecule has 24 heavy (non-hydrogen) atoms. The molecule has 1 heterocycles. The summed E-state index contributed by atoms with van der Waals surface area (Å²) in [4.78, 5) is 2.59. The van der Waals surface area contributed by atoms with Crippen molar-refractivity contribution in [2.45, 2.75) is 45.6 Å². The van der Waals surface area contributed by atoms with Crippen LogP contribution >= 0.6 is 0 Å². The van der Waals surface area contributed by atoms with Crippen LogP contribution in [0.3, 0.4) is 0 Å². The van der Waals surface area contributed by atoms with Crippen LogP contribution in [0.15, 0.2) is 24.3 Å². The molecular weight excluding hydrogens is 298 g/mol. The van der Waals surface area contributed by atoms with Gasteiger partial charge in [0.2, 0.25) is 0 Å². The molecule has 1 aromatic carbocycles. The van der Waals surface area contributed by atoms with Gasteiger partial charge in [0, 0.05) is 13.0 Å². The second-order valence-corrected chi connectivity index (χ2v) is 6.81. The van der Waals surface area contributed by atoms with E-state index in [1.807, 2.05) is 12.1 Å². The summed E-state index contributed by atoms with van der Waals surface area (Å²) >= 11 is 0. The van der Waals surface area contributed by atoms with Gasteiger partial charge in [-0.05, 0) is 75.5 Å². The lowest BCUT2D eigenvalue weighted by atomic mass is 9.99. The highest BCUT2D eigenvalue weighted by Crippen LogP contribution is 2.16. The fraction of sp³-hybridized carbons (Fsp3) is 0.650. The van der Waals surface area contributed by atoms with Crippen molar-refractivity contribution in [3.8, 4) is 11.8 Å². The first-order valence-electron chi connectivity index (χ1n) is 9.29. The summed E-state index contributed by atoms with van der Waals surface area (Å²) in [5, 5.41) is 12.1. The van der Waals surface area contributed by atoms with Crippen molar-refractivity contribution in [1.29, 1.82) is 5.26 Å². The van der Waals surface area contributed by atoms with Gasteiger partial charge in [0.15, 0.2) is 0 Å². The number of ether oxygens (including phenoxy) is 1. The molecule has 1 saturated heterocycles. The average Bonchev–Trinajstić information content (AvgIpc) is 2.60. The van der Waals surface area contributed by atoms with Crippen LogP contribution in [0.4, 0.5) is 0 Å². The first-order chi connectivity index (χ1) is 11.8. The molecular formula is C20H31N3O. The number of rotatable bonds is 10. The van der Waals surface area contributed by atoms with Crippen LogP contribution < -0.4 is 10.1 Å². The Labute approximate surface area is 146 Å². The number of benzene rings is 1. The molecule has 1 aliphatic heterocycles. The zero-order valence-corrected chi connectivity index (χ0v) is 15.0. The molecule has 4 heteroatoms. The maximum atomic E-state index is 8.53. The molecule has 0 amide bonds. The van der Waals surface area contributed by atoms with E-state index in [-0.39, 0.29) is 0 Å². The van der Waals surface area contributed by atoms with Gasteiger partial charge >= 0.3 is 0 Å². The predicted molar refractivity (Wildman–Crippen MR) is 97.9 cm³/mol. The molecule has 132 valence electrons. The van der Waals surface area contributed by atoms with Gasteiger partial charge in [-0.1, -0.05) is 19.1 Å². The van der Waals surface area contributed by atoms with Crippen LogP contribution in [0.1, 0.15) is 44.6 Å². The van der Waals surface area contributed by atoms with Gasteiger partial charge < -0.3 is 15.0 Å². The van der Waals surface area contributed by atoms with E-state index < -0.39 is 0 Å². The maximum absolute atomic E-state index is 8.53. The SMILES string of the molecule is CC1CCN(CCCNCc2cccc(OCCCC#N)c2)CC1. The Morgan fingerprint density at radius 1 is 1.29 bits per heavy atom. The third-order valence-corrected chi connectivity index (χ3v) is 4.63. The molecule has 1 aromatic rings. The van der Waals surface area contributed by atoms with Crippen LogP contribution in [0.25, 0.3) is 0 Å². The van der Waals surface area contributed by atoms with Crippen molar-refractivity contribution in [3.63, 3.8) is 0 Å². The average molecular weight is 329 g/mol. The normalized spacial score (nSPS) is 16.0. The summed E-state index contributed by atoms with van der Waals surface area (Å²) in [6, 6.07) is 10.4. The number of nitriles is 1. The third kappa shape index (κ3) is 7.33. The van der Waals surface area contributed by atoms with E-state index in [1.54, 1.807) is 0 Å². The highest BCUT2D eigenvalue weighted by molar-refractivity contribution is 5.28. The first-order valence-corrected chi connectivity index (χ1v) is 9.29. The Balaban J connectivity index is 1.57. The van der Waals surface area contributed by atoms with Gasteiger partial charge in [0.05, 0.1) is 12.7 Å². The second-order valence-electron chi connectivity index (χ2n) is 6.81. The van der Waals surface area contributed by atoms with E-state index in [4.69, 9.17) is 10.00 Å². The van der Waals surface area contributed by atoms with Crippen molar-refractivity contribution in [2.75, 3.05) is 32.8 Å². The predicted octanol–water partition coefficient (Wildman–Crippen LogP) is 3.58. The quantitative estimate of drug-likeness (QED) is 0.667. The van der Waals surface area contributed by atoms with Crippen molar-refractivity contribution in [2.24, 2.45) is 5.92 Å². The van der Waals surface area contributed by atoms with Gasteiger partial charge in [-0.15, -0.1) is 0 Å². The molecule has 1 N–H and O–H groups in total. The molecule has 0 radical (unpaired) electrons. The third-order valence-electron chi connectivity index (χ3n) is 4.63. The maximum Gasteiger partial charge on any atom is 0.119 e. The molecule has 0 aromatic heterocycles. The molecule has 0 unspecified atom stereocenters. The number of unbranched alkanes of at least 4 members (excludes halogenated alkanes) is 1. The van der Waals surface area contributed by atoms with Crippen LogP contribution in [-0.4, -0.2) is 37.7 Å². The lowest BCUT2D eigenvalue weighted by Crippen LogP contribution is -2.34. The molecule has 0 atom stereocenters. The molecule has 1 fully saturated rings. The van der Waals surface area contributed by atoms with Crippen molar-refractivity contribution >= 4 is 0 Å². The van der Waals surface area contributed by atoms with Crippen molar-refractivity contribution in [1.82, 2.24) is 10.2 Å². The van der Waals surface area contributed by atoms with E-state index in [0.717, 1.165) is 31.2 Å². The fourth-order valence-corrected chi connectivity index (χ4v) is 3.03. The van der Waals surface area contributed by atoms with Gasteiger partial charge in [-0.25, -0.2) is 0 Å². The van der Waals surface area contributed by atoms with E-state index >= 15 is 0 Å². The molecule has 2 rings (SSSR count). The minimum Gasteiger partial charge on any atom is -0.494 e. The first kappa shape index (κ1) is 18.8. The molecule has 0 aliphatic carbocycles. The van der Waals surface area contributed by atoms with Crippen LogP contribution in [0.2, 0.25) is 0 Å². The summed E-state index contributed by atoms with van der Waals surface area (Å²) in [7, 11) is 0. The number of likely N-dealkylation sites (tertiary alicyclic amines) is 1. The van der Waals surface area contributed by atoms with E-state index in [9.17, 15) is 0 Å². The summed E-state index contributed by atoms with van der Waals surface area (Å²) in [6.45, 7) is 8.66. The lowest BCUT2D eigenvalue weighted by Gasteiger charge is -2.30. The lowest BCUT2D eigenvalue weighted by molar-refractivity contribution is 0.190. The van der Waals surface area contributed by atoms with Crippen molar-refractivity contribution < 1.29 is 4.74 Å². The summed E-state index contributed by atoms with van der Waals surface area (Å²) < 4.78 is 5.68. The Hall–Kier alpha value is -1.57. The van der Waals surface area contributed by atoms with Crippen LogP contribution in [0.5, 0.6) is 5.75 Å². The number of hydrogen-bond acceptors (Lipinski definition) is 4. The zero-order valence-electron chi connectivity index (χ0n) is 15.0. The monoisotopic (exact) mass is 329 g/mol. The van der Waals surface area contributed by atoms with Crippen LogP contribution in [0, 0.1) is 17.2 Å². The van der Waals surface area contributed by atoms with Crippen molar-refractivity contribution in [3.05, 3.63) is 29.8 Å². The zero-order chi connectivity index (χ0) is 17.0. The fourth-order valence-electron chi connectivity index (χ4n) is 3.03. The Kier molecular flexibility index (Phi) is 8.65. The summed E-state index contributed by atoms with van der Waals surface area (Å²) in [5.74, 6) is 1.81. The molecule has 0 bridgehead atoms. The minimum atomic E-state index is 0.553. The molecule has 0 saturated carbocycles.